The molecule has 0 fully saturated rings. The molecule has 0 atom stereocenters. The van der Waals surface area contributed by atoms with Crippen LogP contribution < -0.4 is 0 Å². The van der Waals surface area contributed by atoms with Crippen molar-refractivity contribution >= 4 is 11.4 Å². The first kappa shape index (κ1) is 11.9. The maximum atomic E-state index is 4.60. The van der Waals surface area contributed by atoms with Gasteiger partial charge in [0.05, 0.1) is 6.54 Å². The van der Waals surface area contributed by atoms with Crippen LogP contribution in [0.15, 0.2) is 35.8 Å². The minimum Gasteiger partial charge on any atom is -0.355 e. The van der Waals surface area contributed by atoms with Crippen molar-refractivity contribution in [3.8, 4) is 0 Å². The highest BCUT2D eigenvalue weighted by Gasteiger charge is 2.17. The number of amidine groups is 1. The monoisotopic (exact) mass is 228 g/mol. The predicted octanol–water partition coefficient (Wildman–Crippen LogP) is 3.19. The van der Waals surface area contributed by atoms with E-state index in [0.717, 1.165) is 31.0 Å². The Labute approximate surface area is 104 Å². The maximum absolute atomic E-state index is 4.60. The molecule has 0 bridgehead atoms. The van der Waals surface area contributed by atoms with Crippen molar-refractivity contribution in [1.29, 1.82) is 0 Å². The van der Waals surface area contributed by atoms with Gasteiger partial charge in [0, 0.05) is 18.7 Å². The van der Waals surface area contributed by atoms with Gasteiger partial charge in [-0.1, -0.05) is 43.3 Å². The summed E-state index contributed by atoms with van der Waals surface area (Å²) in [6.07, 6.45) is 1.17. The first-order valence-electron chi connectivity index (χ1n) is 6.28. The fraction of sp³-hybridized carbons (Fsp3) is 0.400. The van der Waals surface area contributed by atoms with Crippen LogP contribution in [0.1, 0.15) is 31.4 Å². The van der Waals surface area contributed by atoms with E-state index in [-0.39, 0.29) is 0 Å². The molecule has 1 aliphatic heterocycles. The third kappa shape index (κ3) is 2.57. The van der Waals surface area contributed by atoms with Crippen molar-refractivity contribution in [2.75, 3.05) is 19.6 Å². The summed E-state index contributed by atoms with van der Waals surface area (Å²) in [7, 11) is 0. The van der Waals surface area contributed by atoms with Crippen molar-refractivity contribution in [2.45, 2.75) is 20.3 Å². The molecule has 1 aromatic carbocycles. The van der Waals surface area contributed by atoms with E-state index in [2.05, 4.69) is 47.7 Å². The largest absolute Gasteiger partial charge is 0.355 e. The van der Waals surface area contributed by atoms with Crippen LogP contribution in [0.5, 0.6) is 0 Å². The Bertz CT molecular complexity index is 429. The van der Waals surface area contributed by atoms with Gasteiger partial charge in [0.1, 0.15) is 5.84 Å². The first-order chi connectivity index (χ1) is 8.22. The van der Waals surface area contributed by atoms with E-state index in [0.29, 0.717) is 0 Å². The maximum Gasteiger partial charge on any atom is 0.131 e. The second-order valence-electron chi connectivity index (χ2n) is 4.55. The van der Waals surface area contributed by atoms with Crippen LogP contribution in [0.4, 0.5) is 0 Å². The van der Waals surface area contributed by atoms with Crippen LogP contribution in [0.3, 0.4) is 0 Å². The molecule has 1 aromatic rings. The van der Waals surface area contributed by atoms with E-state index in [1.54, 1.807) is 0 Å². The Morgan fingerprint density at radius 1 is 1.35 bits per heavy atom. The molecule has 2 nitrogen and oxygen atoms in total. The molecule has 0 saturated heterocycles. The third-order valence-electron chi connectivity index (χ3n) is 3.06. The summed E-state index contributed by atoms with van der Waals surface area (Å²) in [5.41, 5.74) is 3.53. The molecule has 1 aliphatic rings. The number of aliphatic imine (C=N–C) groups is 1. The SMILES string of the molecule is C=C(C)c1ccc(C2=NCCN2CCC)cc1. The highest BCUT2D eigenvalue weighted by Crippen LogP contribution is 2.16. The van der Waals surface area contributed by atoms with Crippen molar-refractivity contribution < 1.29 is 0 Å². The number of hydrogen-bond donors (Lipinski definition) is 0. The van der Waals surface area contributed by atoms with Crippen LogP contribution >= 0.6 is 0 Å². The van der Waals surface area contributed by atoms with E-state index in [4.69, 9.17) is 0 Å². The highest BCUT2D eigenvalue weighted by molar-refractivity contribution is 6.00. The number of rotatable bonds is 4. The van der Waals surface area contributed by atoms with Gasteiger partial charge >= 0.3 is 0 Å². The molecular weight excluding hydrogens is 208 g/mol. The van der Waals surface area contributed by atoms with Crippen LogP contribution in [0.2, 0.25) is 0 Å². The Balaban J connectivity index is 2.19. The van der Waals surface area contributed by atoms with Gasteiger partial charge in [-0.15, -0.1) is 0 Å². The van der Waals surface area contributed by atoms with Gasteiger partial charge in [0.25, 0.3) is 0 Å². The van der Waals surface area contributed by atoms with Crippen LogP contribution in [-0.2, 0) is 0 Å². The zero-order valence-corrected chi connectivity index (χ0v) is 10.7. The summed E-state index contributed by atoms with van der Waals surface area (Å²) in [5.74, 6) is 1.15. The van der Waals surface area contributed by atoms with E-state index < -0.39 is 0 Å². The first-order valence-corrected chi connectivity index (χ1v) is 6.28. The average Bonchev–Trinajstić information content (AvgIpc) is 2.78. The lowest BCUT2D eigenvalue weighted by molar-refractivity contribution is 0.456. The van der Waals surface area contributed by atoms with Gasteiger partial charge < -0.3 is 4.90 Å². The summed E-state index contributed by atoms with van der Waals surface area (Å²) in [6, 6.07) is 8.55. The Kier molecular flexibility index (Phi) is 3.62. The summed E-state index contributed by atoms with van der Waals surface area (Å²) < 4.78 is 0. The second kappa shape index (κ2) is 5.17. The van der Waals surface area contributed by atoms with Gasteiger partial charge in [-0.25, -0.2) is 0 Å². The van der Waals surface area contributed by atoms with Gasteiger partial charge in [-0.3, -0.25) is 4.99 Å². The topological polar surface area (TPSA) is 15.6 Å². The normalized spacial score (nSPS) is 14.9. The van der Waals surface area contributed by atoms with Crippen LogP contribution in [0, 0.1) is 0 Å². The molecular formula is C15H20N2. The number of allylic oxidation sites excluding steroid dienone is 1. The predicted molar refractivity (Wildman–Crippen MR) is 74.4 cm³/mol. The molecule has 1 heterocycles. The van der Waals surface area contributed by atoms with Gasteiger partial charge in [-0.05, 0) is 18.9 Å². The minimum atomic E-state index is 0.928. The summed E-state index contributed by atoms with van der Waals surface area (Å²) in [6.45, 7) is 11.3. The Morgan fingerprint density at radius 2 is 2.06 bits per heavy atom. The highest BCUT2D eigenvalue weighted by atomic mass is 15.2. The van der Waals surface area contributed by atoms with Gasteiger partial charge in [-0.2, -0.15) is 0 Å². The fourth-order valence-corrected chi connectivity index (χ4v) is 2.15. The molecule has 2 rings (SSSR count). The van der Waals surface area contributed by atoms with Crippen molar-refractivity contribution in [2.24, 2.45) is 4.99 Å². The quantitative estimate of drug-likeness (QED) is 0.772. The third-order valence-corrected chi connectivity index (χ3v) is 3.06. The molecule has 0 radical (unpaired) electrons. The standard InChI is InChI=1S/C15H20N2/c1-4-10-17-11-9-16-15(17)14-7-5-13(6-8-14)12(2)3/h5-8H,2,4,9-11H2,1,3H3. The minimum absolute atomic E-state index is 0.928. The average molecular weight is 228 g/mol. The Hall–Kier alpha value is -1.57. The molecule has 2 heteroatoms. The second-order valence-corrected chi connectivity index (χ2v) is 4.55. The van der Waals surface area contributed by atoms with Crippen molar-refractivity contribution in [1.82, 2.24) is 4.90 Å². The smallest absolute Gasteiger partial charge is 0.131 e. The number of hydrogen-bond acceptors (Lipinski definition) is 2. The molecule has 17 heavy (non-hydrogen) atoms. The molecule has 90 valence electrons. The lowest BCUT2D eigenvalue weighted by Gasteiger charge is -2.19. The lowest BCUT2D eigenvalue weighted by Crippen LogP contribution is -2.29. The van der Waals surface area contributed by atoms with E-state index in [9.17, 15) is 0 Å². The molecule has 0 aromatic heterocycles. The molecule has 0 unspecified atom stereocenters. The summed E-state index contributed by atoms with van der Waals surface area (Å²) >= 11 is 0. The molecule has 0 amide bonds. The van der Waals surface area contributed by atoms with Crippen LogP contribution in [-0.4, -0.2) is 30.4 Å². The summed E-state index contributed by atoms with van der Waals surface area (Å²) in [5, 5.41) is 0. The van der Waals surface area contributed by atoms with E-state index in [1.165, 1.54) is 17.5 Å². The van der Waals surface area contributed by atoms with Gasteiger partial charge in [0.2, 0.25) is 0 Å². The lowest BCUT2D eigenvalue weighted by atomic mass is 10.1. The number of benzene rings is 1. The van der Waals surface area contributed by atoms with E-state index in [1.807, 2.05) is 6.92 Å². The molecule has 0 saturated carbocycles. The fourth-order valence-electron chi connectivity index (χ4n) is 2.15. The van der Waals surface area contributed by atoms with Crippen LogP contribution in [0.25, 0.3) is 5.57 Å². The molecule has 0 aliphatic carbocycles. The molecule has 0 spiro atoms. The van der Waals surface area contributed by atoms with Crippen molar-refractivity contribution in [3.05, 3.63) is 42.0 Å². The van der Waals surface area contributed by atoms with E-state index >= 15 is 0 Å². The zero-order valence-electron chi connectivity index (χ0n) is 10.7. The Morgan fingerprint density at radius 3 is 2.65 bits per heavy atom. The summed E-state index contributed by atoms with van der Waals surface area (Å²) in [4.78, 5) is 6.97. The van der Waals surface area contributed by atoms with Crippen molar-refractivity contribution in [3.63, 3.8) is 0 Å². The molecule has 0 N–H and O–H groups in total. The zero-order chi connectivity index (χ0) is 12.3. The van der Waals surface area contributed by atoms with Gasteiger partial charge in [0.15, 0.2) is 0 Å². The number of nitrogens with zero attached hydrogens (tertiary/aromatic N) is 2.